The van der Waals surface area contributed by atoms with E-state index in [0.717, 1.165) is 5.56 Å². The molecule has 2 aromatic carbocycles. The molecule has 0 saturated carbocycles. The van der Waals surface area contributed by atoms with Crippen molar-refractivity contribution in [2.45, 2.75) is 12.0 Å². The molecule has 0 fully saturated rings. The zero-order valence-corrected chi connectivity index (χ0v) is 14.1. The molecule has 2 rings (SSSR count). The number of benzene rings is 2. The van der Waals surface area contributed by atoms with Gasteiger partial charge in [-0.3, -0.25) is 0 Å². The summed E-state index contributed by atoms with van der Waals surface area (Å²) >= 11 is 18.3. The van der Waals surface area contributed by atoms with Gasteiger partial charge in [0.1, 0.15) is 0 Å². The molecular weight excluding hydrogens is 327 g/mol. The van der Waals surface area contributed by atoms with E-state index in [9.17, 15) is 0 Å². The Bertz CT molecular complexity index is 547. The molecule has 0 nitrogen and oxygen atoms in total. The summed E-state index contributed by atoms with van der Waals surface area (Å²) in [5.74, 6) is 0.135. The van der Waals surface area contributed by atoms with Gasteiger partial charge < -0.3 is 0 Å². The van der Waals surface area contributed by atoms with Gasteiger partial charge >= 0.3 is 6.00 Å². The van der Waals surface area contributed by atoms with Crippen LogP contribution in [0.25, 0.3) is 6.08 Å². The van der Waals surface area contributed by atoms with E-state index in [4.69, 9.17) is 33.2 Å². The van der Waals surface area contributed by atoms with Crippen molar-refractivity contribution in [2.75, 3.05) is 0 Å². The maximum atomic E-state index is 6.10. The average molecular weight is 342 g/mol. The molecule has 0 saturated heterocycles. The van der Waals surface area contributed by atoms with Crippen molar-refractivity contribution in [2.24, 2.45) is 0 Å². The van der Waals surface area contributed by atoms with Crippen LogP contribution >= 0.6 is 33.2 Å². The normalized spacial score (nSPS) is 13.6. The fourth-order valence-corrected chi connectivity index (χ4v) is 4.40. The molecule has 1 atom stereocenters. The van der Waals surface area contributed by atoms with Crippen LogP contribution in [0.2, 0.25) is 6.04 Å². The molecule has 0 heterocycles. The number of hydrogen-bond acceptors (Lipinski definition) is 0. The van der Waals surface area contributed by atoms with Gasteiger partial charge in [0.25, 0.3) is 0 Å². The summed E-state index contributed by atoms with van der Waals surface area (Å²) in [7, 11) is 0. The summed E-state index contributed by atoms with van der Waals surface area (Å²) < 4.78 is 0. The van der Waals surface area contributed by atoms with Gasteiger partial charge in [0.15, 0.2) is 0 Å². The van der Waals surface area contributed by atoms with Gasteiger partial charge in [0.05, 0.1) is 0 Å². The van der Waals surface area contributed by atoms with Crippen LogP contribution in [0.1, 0.15) is 17.0 Å². The Kier molecular flexibility index (Phi) is 5.73. The molecule has 0 aromatic heterocycles. The Labute approximate surface area is 135 Å². The lowest BCUT2D eigenvalue weighted by molar-refractivity contribution is 0.962. The molecule has 0 spiro atoms. The Morgan fingerprint density at radius 1 is 0.850 bits per heavy atom. The van der Waals surface area contributed by atoms with Crippen molar-refractivity contribution in [3.63, 3.8) is 0 Å². The average Bonchev–Trinajstić information content (AvgIpc) is 2.44. The van der Waals surface area contributed by atoms with E-state index < -0.39 is 6.00 Å². The van der Waals surface area contributed by atoms with Crippen molar-refractivity contribution in [3.8, 4) is 0 Å². The molecule has 4 heteroatoms. The van der Waals surface area contributed by atoms with Crippen LogP contribution in [0.3, 0.4) is 0 Å². The Balaban J connectivity index is 2.21. The van der Waals surface area contributed by atoms with Crippen LogP contribution in [0.5, 0.6) is 0 Å². The molecule has 20 heavy (non-hydrogen) atoms. The SMILES string of the molecule is Cl[Si](Cl)(Cl)CC(/C=C/c1ccccc1)c1ccccc1. The molecule has 0 aliphatic rings. The minimum Gasteiger partial charge on any atom is -0.126 e. The first-order valence-corrected chi connectivity index (χ1v) is 11.6. The summed E-state index contributed by atoms with van der Waals surface area (Å²) in [5.41, 5.74) is 2.33. The molecular formula is C16H15Cl3Si. The van der Waals surface area contributed by atoms with Crippen molar-refractivity contribution in [3.05, 3.63) is 77.9 Å². The quantitative estimate of drug-likeness (QED) is 0.452. The van der Waals surface area contributed by atoms with Gasteiger partial charge in [-0.15, -0.1) is 33.2 Å². The second-order valence-electron chi connectivity index (χ2n) is 4.61. The molecule has 0 radical (unpaired) electrons. The van der Waals surface area contributed by atoms with E-state index >= 15 is 0 Å². The predicted octanol–water partition coefficient (Wildman–Crippen LogP) is 6.14. The Hall–Kier alpha value is -0.733. The third kappa shape index (κ3) is 5.33. The lowest BCUT2D eigenvalue weighted by Crippen LogP contribution is -2.13. The minimum absolute atomic E-state index is 0.135. The second kappa shape index (κ2) is 7.33. The highest BCUT2D eigenvalue weighted by Gasteiger charge is 2.29. The summed E-state index contributed by atoms with van der Waals surface area (Å²) in [6.07, 6.45) is 4.21. The number of rotatable bonds is 5. The third-order valence-electron chi connectivity index (χ3n) is 3.00. The Morgan fingerprint density at radius 3 is 1.95 bits per heavy atom. The lowest BCUT2D eigenvalue weighted by Gasteiger charge is -2.17. The highest BCUT2D eigenvalue weighted by molar-refractivity contribution is 7.64. The molecule has 0 aliphatic carbocycles. The minimum atomic E-state index is -2.68. The number of halogens is 3. The smallest absolute Gasteiger partial charge is 0.126 e. The summed E-state index contributed by atoms with van der Waals surface area (Å²) in [6, 6.07) is 18.2. The number of hydrogen-bond donors (Lipinski definition) is 0. The predicted molar refractivity (Wildman–Crippen MR) is 92.8 cm³/mol. The first-order chi connectivity index (χ1) is 9.54. The highest BCUT2D eigenvalue weighted by Crippen LogP contribution is 2.35. The van der Waals surface area contributed by atoms with Gasteiger partial charge in [-0.1, -0.05) is 72.8 Å². The van der Waals surface area contributed by atoms with Crippen LogP contribution in [-0.4, -0.2) is 6.00 Å². The maximum absolute atomic E-state index is 6.10. The molecule has 0 amide bonds. The zero-order valence-electron chi connectivity index (χ0n) is 10.8. The number of allylic oxidation sites excluding steroid dienone is 1. The molecule has 104 valence electrons. The zero-order chi connectivity index (χ0) is 14.4. The van der Waals surface area contributed by atoms with Gasteiger partial charge in [-0.2, -0.15) is 0 Å². The highest BCUT2D eigenvalue weighted by atomic mass is 35.8. The van der Waals surface area contributed by atoms with Crippen LogP contribution < -0.4 is 0 Å². The van der Waals surface area contributed by atoms with E-state index in [1.165, 1.54) is 5.56 Å². The van der Waals surface area contributed by atoms with E-state index in [0.29, 0.717) is 6.04 Å². The van der Waals surface area contributed by atoms with Crippen molar-refractivity contribution < 1.29 is 0 Å². The lowest BCUT2D eigenvalue weighted by atomic mass is 9.99. The molecule has 0 aliphatic heterocycles. The third-order valence-corrected chi connectivity index (χ3v) is 5.29. The topological polar surface area (TPSA) is 0 Å². The fourth-order valence-electron chi connectivity index (χ4n) is 2.04. The summed E-state index contributed by atoms with van der Waals surface area (Å²) in [6.45, 7) is 0. The van der Waals surface area contributed by atoms with Gasteiger partial charge in [0, 0.05) is 5.92 Å². The van der Waals surface area contributed by atoms with Crippen LogP contribution in [0.4, 0.5) is 0 Å². The van der Waals surface area contributed by atoms with Crippen molar-refractivity contribution >= 4 is 45.3 Å². The van der Waals surface area contributed by atoms with Gasteiger partial charge in [-0.25, -0.2) is 0 Å². The van der Waals surface area contributed by atoms with E-state index in [1.807, 2.05) is 36.4 Å². The maximum Gasteiger partial charge on any atom is 0.342 e. The fraction of sp³-hybridized carbons (Fsp3) is 0.125. The van der Waals surface area contributed by atoms with Crippen molar-refractivity contribution in [1.82, 2.24) is 0 Å². The Morgan fingerprint density at radius 2 is 1.40 bits per heavy atom. The van der Waals surface area contributed by atoms with Crippen LogP contribution in [0, 0.1) is 0 Å². The second-order valence-corrected chi connectivity index (χ2v) is 13.8. The molecule has 0 N–H and O–H groups in total. The van der Waals surface area contributed by atoms with Crippen molar-refractivity contribution in [1.29, 1.82) is 0 Å². The summed E-state index contributed by atoms with van der Waals surface area (Å²) in [5, 5.41) is 0. The first kappa shape index (κ1) is 15.7. The standard InChI is InChI=1S/C16H15Cl3Si/c17-20(18,19)13-16(15-9-5-2-6-10-15)12-11-14-7-3-1-4-8-14/h1-12,16H,13H2/b12-11+. The van der Waals surface area contributed by atoms with E-state index in [1.54, 1.807) is 0 Å². The molecule has 0 bridgehead atoms. The molecule has 2 aromatic rings. The largest absolute Gasteiger partial charge is 0.342 e. The first-order valence-electron chi connectivity index (χ1n) is 6.39. The van der Waals surface area contributed by atoms with E-state index in [-0.39, 0.29) is 5.92 Å². The van der Waals surface area contributed by atoms with Gasteiger partial charge in [-0.05, 0) is 17.2 Å². The van der Waals surface area contributed by atoms with Crippen LogP contribution in [-0.2, 0) is 0 Å². The molecule has 1 unspecified atom stereocenters. The van der Waals surface area contributed by atoms with Gasteiger partial charge in [0.2, 0.25) is 0 Å². The van der Waals surface area contributed by atoms with Crippen LogP contribution in [0.15, 0.2) is 66.7 Å². The monoisotopic (exact) mass is 340 g/mol. The summed E-state index contributed by atoms with van der Waals surface area (Å²) in [4.78, 5) is 0. The van der Waals surface area contributed by atoms with E-state index in [2.05, 4.69) is 36.4 Å².